The molecule has 8 nitrogen and oxygen atoms in total. The Kier molecular flexibility index (Phi) is 6.23. The first-order chi connectivity index (χ1) is 14.0. The lowest BCUT2D eigenvalue weighted by atomic mass is 10.1. The molecule has 1 heterocycles. The van der Waals surface area contributed by atoms with Gasteiger partial charge in [-0.2, -0.15) is 10.2 Å². The van der Waals surface area contributed by atoms with E-state index in [-0.39, 0.29) is 17.0 Å². The Morgan fingerprint density at radius 1 is 1.24 bits per heavy atom. The van der Waals surface area contributed by atoms with E-state index >= 15 is 0 Å². The Morgan fingerprint density at radius 3 is 2.69 bits per heavy atom. The van der Waals surface area contributed by atoms with Crippen LogP contribution in [0.4, 0.5) is 0 Å². The zero-order chi connectivity index (χ0) is 20.8. The number of hydrogen-bond acceptors (Lipinski definition) is 6. The van der Waals surface area contributed by atoms with Crippen LogP contribution in [0.5, 0.6) is 11.5 Å². The zero-order valence-corrected chi connectivity index (χ0v) is 16.3. The first kappa shape index (κ1) is 20.1. The average molecular weight is 394 g/mol. The average Bonchev–Trinajstić information content (AvgIpc) is 2.74. The molecule has 0 saturated carbocycles. The van der Waals surface area contributed by atoms with Gasteiger partial charge in [0.25, 0.3) is 11.5 Å². The standard InChI is InChI=1S/C21H22N4O4/c1-3-11-29-15-10-9-14(18(26)12-15)13-22-23-20(27)19-16-7-5-6-8-17(16)21(28)25(4-2)24-19/h5-10,12-13,26H,3-4,11H2,1-2H3,(H,23,27)/b22-13+. The number of hydrogen-bond donors (Lipinski definition) is 2. The number of aryl methyl sites for hydroxylation is 1. The highest BCUT2D eigenvalue weighted by atomic mass is 16.5. The van der Waals surface area contributed by atoms with Crippen LogP contribution in [0.2, 0.25) is 0 Å². The van der Waals surface area contributed by atoms with E-state index in [0.29, 0.717) is 35.2 Å². The fourth-order valence-electron chi connectivity index (χ4n) is 2.77. The monoisotopic (exact) mass is 394 g/mol. The Labute approximate surface area is 167 Å². The number of phenolic OH excluding ortho intramolecular Hbond substituents is 1. The number of aromatic nitrogens is 2. The van der Waals surface area contributed by atoms with E-state index in [9.17, 15) is 14.7 Å². The van der Waals surface area contributed by atoms with E-state index in [4.69, 9.17) is 4.74 Å². The van der Waals surface area contributed by atoms with Crippen molar-refractivity contribution in [2.24, 2.45) is 5.10 Å². The van der Waals surface area contributed by atoms with E-state index in [1.807, 2.05) is 6.92 Å². The van der Waals surface area contributed by atoms with Gasteiger partial charge in [-0.25, -0.2) is 10.1 Å². The summed E-state index contributed by atoms with van der Waals surface area (Å²) in [7, 11) is 0. The molecule has 2 N–H and O–H groups in total. The molecule has 29 heavy (non-hydrogen) atoms. The third-order valence-electron chi connectivity index (χ3n) is 4.23. The number of nitrogens with zero attached hydrogens (tertiary/aromatic N) is 3. The molecule has 8 heteroatoms. The SMILES string of the molecule is CCCOc1ccc(/C=N/NC(=O)c2nn(CC)c(=O)c3ccccc23)c(O)c1. The van der Waals surface area contributed by atoms with E-state index in [0.717, 1.165) is 6.42 Å². The molecule has 0 bridgehead atoms. The first-order valence-corrected chi connectivity index (χ1v) is 9.34. The number of ether oxygens (including phenoxy) is 1. The molecule has 0 fully saturated rings. The van der Waals surface area contributed by atoms with Crippen molar-refractivity contribution in [3.05, 3.63) is 64.1 Å². The van der Waals surface area contributed by atoms with E-state index in [1.54, 1.807) is 43.3 Å². The van der Waals surface area contributed by atoms with Crippen molar-refractivity contribution in [2.45, 2.75) is 26.8 Å². The van der Waals surface area contributed by atoms with Crippen LogP contribution in [0.3, 0.4) is 0 Å². The summed E-state index contributed by atoms with van der Waals surface area (Å²) in [6, 6.07) is 11.6. The van der Waals surface area contributed by atoms with Gasteiger partial charge < -0.3 is 9.84 Å². The molecule has 0 aliphatic heterocycles. The number of rotatable bonds is 7. The van der Waals surface area contributed by atoms with Gasteiger partial charge in [0.1, 0.15) is 11.5 Å². The molecule has 150 valence electrons. The van der Waals surface area contributed by atoms with Crippen LogP contribution in [0.25, 0.3) is 10.8 Å². The number of benzene rings is 2. The van der Waals surface area contributed by atoms with Crippen molar-refractivity contribution in [3.63, 3.8) is 0 Å². The number of nitrogens with one attached hydrogen (secondary N) is 1. The maximum atomic E-state index is 12.6. The van der Waals surface area contributed by atoms with Crippen LogP contribution in [0, 0.1) is 0 Å². The van der Waals surface area contributed by atoms with Crippen molar-refractivity contribution < 1.29 is 14.6 Å². The molecule has 3 rings (SSSR count). The Bertz CT molecular complexity index is 1120. The second-order valence-corrected chi connectivity index (χ2v) is 6.28. The van der Waals surface area contributed by atoms with E-state index < -0.39 is 5.91 Å². The van der Waals surface area contributed by atoms with Crippen molar-refractivity contribution >= 4 is 22.9 Å². The van der Waals surface area contributed by atoms with Crippen LogP contribution in [0.15, 0.2) is 52.4 Å². The van der Waals surface area contributed by atoms with Gasteiger partial charge in [-0.05, 0) is 31.5 Å². The summed E-state index contributed by atoms with van der Waals surface area (Å²) in [5.41, 5.74) is 2.67. The zero-order valence-electron chi connectivity index (χ0n) is 16.3. The topological polar surface area (TPSA) is 106 Å². The van der Waals surface area contributed by atoms with Gasteiger partial charge >= 0.3 is 0 Å². The lowest BCUT2D eigenvalue weighted by molar-refractivity contribution is 0.0949. The normalized spacial score (nSPS) is 11.1. The Balaban J connectivity index is 1.81. The second kappa shape index (κ2) is 9.01. The molecule has 0 atom stereocenters. The highest BCUT2D eigenvalue weighted by Gasteiger charge is 2.15. The Morgan fingerprint density at radius 2 is 2.00 bits per heavy atom. The summed E-state index contributed by atoms with van der Waals surface area (Å²) in [4.78, 5) is 25.0. The third-order valence-corrected chi connectivity index (χ3v) is 4.23. The van der Waals surface area contributed by atoms with Crippen molar-refractivity contribution in [1.82, 2.24) is 15.2 Å². The molecule has 0 saturated heterocycles. The van der Waals surface area contributed by atoms with Crippen LogP contribution < -0.4 is 15.7 Å². The van der Waals surface area contributed by atoms with Gasteiger partial charge in [-0.1, -0.05) is 25.1 Å². The summed E-state index contributed by atoms with van der Waals surface area (Å²) in [5, 5.41) is 19.0. The molecule has 0 aliphatic carbocycles. The fraction of sp³-hybridized carbons (Fsp3) is 0.238. The van der Waals surface area contributed by atoms with Crippen molar-refractivity contribution in [3.8, 4) is 11.5 Å². The lowest BCUT2D eigenvalue weighted by Gasteiger charge is -2.08. The number of carbonyl (C=O) groups is 1. The minimum Gasteiger partial charge on any atom is -0.507 e. The molecule has 1 aromatic heterocycles. The molecule has 0 aliphatic rings. The molecule has 0 unspecified atom stereocenters. The molecule has 2 aromatic carbocycles. The lowest BCUT2D eigenvalue weighted by Crippen LogP contribution is -2.28. The van der Waals surface area contributed by atoms with Crippen LogP contribution >= 0.6 is 0 Å². The summed E-state index contributed by atoms with van der Waals surface area (Å²) < 4.78 is 6.69. The molecular formula is C21H22N4O4. The number of amides is 1. The predicted octanol–water partition coefficient (Wildman–Crippen LogP) is 2.67. The van der Waals surface area contributed by atoms with Gasteiger partial charge in [0.15, 0.2) is 5.69 Å². The minimum absolute atomic E-state index is 0.0142. The predicted molar refractivity (Wildman–Crippen MR) is 111 cm³/mol. The molecule has 1 amide bonds. The van der Waals surface area contributed by atoms with Gasteiger partial charge in [-0.3, -0.25) is 9.59 Å². The highest BCUT2D eigenvalue weighted by molar-refractivity contribution is 6.05. The maximum Gasteiger partial charge on any atom is 0.292 e. The second-order valence-electron chi connectivity index (χ2n) is 6.28. The third kappa shape index (κ3) is 4.43. The van der Waals surface area contributed by atoms with Gasteiger partial charge in [0, 0.05) is 23.6 Å². The quantitative estimate of drug-likeness (QED) is 0.473. The first-order valence-electron chi connectivity index (χ1n) is 9.34. The molecular weight excluding hydrogens is 372 g/mol. The number of fused-ring (bicyclic) bond motifs is 1. The number of phenols is 1. The highest BCUT2D eigenvalue weighted by Crippen LogP contribution is 2.22. The van der Waals surface area contributed by atoms with Crippen molar-refractivity contribution in [2.75, 3.05) is 6.61 Å². The maximum absolute atomic E-state index is 12.6. The summed E-state index contributed by atoms with van der Waals surface area (Å²) in [6.45, 7) is 4.67. The Hall–Kier alpha value is -3.68. The van der Waals surface area contributed by atoms with E-state index in [2.05, 4.69) is 15.6 Å². The molecule has 3 aromatic rings. The number of aromatic hydroxyl groups is 1. The van der Waals surface area contributed by atoms with Gasteiger partial charge in [0.05, 0.1) is 18.2 Å². The molecule has 0 spiro atoms. The summed E-state index contributed by atoms with van der Waals surface area (Å²) in [5.74, 6) is -0.00947. The van der Waals surface area contributed by atoms with Crippen molar-refractivity contribution in [1.29, 1.82) is 0 Å². The number of hydrazone groups is 1. The number of carbonyl (C=O) groups excluding carboxylic acids is 1. The molecule has 0 radical (unpaired) electrons. The minimum atomic E-state index is -0.554. The van der Waals surface area contributed by atoms with E-state index in [1.165, 1.54) is 17.0 Å². The van der Waals surface area contributed by atoms with Gasteiger partial charge in [-0.15, -0.1) is 0 Å². The smallest absolute Gasteiger partial charge is 0.292 e. The fourth-order valence-corrected chi connectivity index (χ4v) is 2.77. The summed E-state index contributed by atoms with van der Waals surface area (Å²) >= 11 is 0. The van der Waals surface area contributed by atoms with Crippen LogP contribution in [-0.4, -0.2) is 33.6 Å². The summed E-state index contributed by atoms with van der Waals surface area (Å²) in [6.07, 6.45) is 2.19. The van der Waals surface area contributed by atoms with Crippen LogP contribution in [0.1, 0.15) is 36.3 Å². The van der Waals surface area contributed by atoms with Crippen LogP contribution in [-0.2, 0) is 6.54 Å². The van der Waals surface area contributed by atoms with Gasteiger partial charge in [0.2, 0.25) is 0 Å². The largest absolute Gasteiger partial charge is 0.507 e.